The highest BCUT2D eigenvalue weighted by Crippen LogP contribution is 2.37. The second-order valence-corrected chi connectivity index (χ2v) is 5.68. The topological polar surface area (TPSA) is 103 Å². The highest BCUT2D eigenvalue weighted by atomic mass is 35.5. The first kappa shape index (κ1) is 20.6. The fourth-order valence-corrected chi connectivity index (χ4v) is 2.00. The van der Waals surface area contributed by atoms with Crippen LogP contribution in [0.25, 0.3) is 0 Å². The van der Waals surface area contributed by atoms with Crippen molar-refractivity contribution in [3.8, 4) is 11.5 Å². The summed E-state index contributed by atoms with van der Waals surface area (Å²) in [6.07, 6.45) is -1.32. The Morgan fingerprint density at radius 3 is 2.32 bits per heavy atom. The van der Waals surface area contributed by atoms with Gasteiger partial charge in [0.2, 0.25) is 0 Å². The zero-order chi connectivity index (χ0) is 19.1. The molecular weight excluding hydrogens is 352 g/mol. The van der Waals surface area contributed by atoms with Crippen LogP contribution in [-0.2, 0) is 9.53 Å². The Hall–Kier alpha value is -2.48. The number of benzene rings is 1. The number of urea groups is 1. The van der Waals surface area contributed by atoms with Gasteiger partial charge in [0.05, 0.1) is 23.8 Å². The quantitative estimate of drug-likeness (QED) is 0.741. The summed E-state index contributed by atoms with van der Waals surface area (Å²) in [6.45, 7) is 4.99. The molecule has 0 spiro atoms. The van der Waals surface area contributed by atoms with Crippen LogP contribution in [0, 0.1) is 0 Å². The molecule has 0 saturated carbocycles. The highest BCUT2D eigenvalue weighted by Gasteiger charge is 2.23. The third-order valence-electron chi connectivity index (χ3n) is 2.94. The summed E-state index contributed by atoms with van der Waals surface area (Å²) < 4.78 is 15.8. The Labute approximate surface area is 150 Å². The molecule has 8 nitrogen and oxygen atoms in total. The maximum absolute atomic E-state index is 12.2. The molecule has 0 heterocycles. The van der Waals surface area contributed by atoms with Crippen molar-refractivity contribution in [1.29, 1.82) is 0 Å². The van der Waals surface area contributed by atoms with Gasteiger partial charge in [-0.05, 0) is 32.9 Å². The zero-order valence-corrected chi connectivity index (χ0v) is 15.4. The fourth-order valence-electron chi connectivity index (χ4n) is 1.75. The van der Waals surface area contributed by atoms with E-state index >= 15 is 0 Å². The molecule has 0 fully saturated rings. The van der Waals surface area contributed by atoms with E-state index in [9.17, 15) is 14.4 Å². The van der Waals surface area contributed by atoms with Crippen LogP contribution in [0.3, 0.4) is 0 Å². The number of carbonyl (C=O) groups is 3. The number of amides is 3. The smallest absolute Gasteiger partial charge is 0.339 e. The van der Waals surface area contributed by atoms with Crippen molar-refractivity contribution in [3.63, 3.8) is 0 Å². The number of hydrogen-bond donors (Lipinski definition) is 2. The number of ether oxygens (including phenoxy) is 3. The summed E-state index contributed by atoms with van der Waals surface area (Å²) in [5.41, 5.74) is 0.0811. The number of carbonyl (C=O) groups excluding carboxylic acids is 3. The van der Waals surface area contributed by atoms with E-state index in [1.54, 1.807) is 0 Å². The van der Waals surface area contributed by atoms with Gasteiger partial charge in [-0.1, -0.05) is 11.6 Å². The minimum absolute atomic E-state index is 0.0811. The summed E-state index contributed by atoms with van der Waals surface area (Å²) in [6, 6.07) is 2.05. The van der Waals surface area contributed by atoms with Crippen molar-refractivity contribution >= 4 is 29.5 Å². The summed E-state index contributed by atoms with van der Waals surface area (Å²) in [5.74, 6) is -0.988. The minimum Gasteiger partial charge on any atom is -0.493 e. The van der Waals surface area contributed by atoms with Crippen LogP contribution < -0.4 is 20.1 Å². The van der Waals surface area contributed by atoms with Crippen LogP contribution in [0.1, 0.15) is 31.1 Å². The summed E-state index contributed by atoms with van der Waals surface area (Å²) in [4.78, 5) is 35.0. The molecule has 2 N–H and O–H groups in total. The number of rotatable bonds is 6. The standard InChI is InChI=1S/C16H21ClN2O6/c1-8(2)24-13-11(17)6-10(7-12(13)23-5)15(21)25-9(3)14(20)19-16(22)18-4/h6-9H,1-5H3,(H2,18,19,20,22). The van der Waals surface area contributed by atoms with E-state index in [-0.39, 0.29) is 22.4 Å². The second-order valence-electron chi connectivity index (χ2n) is 5.27. The maximum atomic E-state index is 12.2. The number of hydrogen-bond acceptors (Lipinski definition) is 6. The third kappa shape index (κ3) is 5.82. The fraction of sp³-hybridized carbons (Fsp3) is 0.438. The van der Waals surface area contributed by atoms with Gasteiger partial charge in [0.25, 0.3) is 5.91 Å². The van der Waals surface area contributed by atoms with E-state index in [0.717, 1.165) is 0 Å². The van der Waals surface area contributed by atoms with Gasteiger partial charge < -0.3 is 19.5 Å². The first-order chi connectivity index (χ1) is 11.7. The lowest BCUT2D eigenvalue weighted by Crippen LogP contribution is -2.43. The lowest BCUT2D eigenvalue weighted by Gasteiger charge is -2.17. The maximum Gasteiger partial charge on any atom is 0.339 e. The second kappa shape index (κ2) is 9.12. The van der Waals surface area contributed by atoms with Gasteiger partial charge >= 0.3 is 12.0 Å². The van der Waals surface area contributed by atoms with Gasteiger partial charge in [0, 0.05) is 7.05 Å². The van der Waals surface area contributed by atoms with Gasteiger partial charge in [-0.3, -0.25) is 10.1 Å². The molecule has 0 aliphatic heterocycles. The van der Waals surface area contributed by atoms with E-state index in [1.165, 1.54) is 33.2 Å². The van der Waals surface area contributed by atoms with Crippen LogP contribution in [0.15, 0.2) is 12.1 Å². The Morgan fingerprint density at radius 2 is 1.80 bits per heavy atom. The Balaban J connectivity index is 2.93. The van der Waals surface area contributed by atoms with Crippen molar-refractivity contribution in [2.75, 3.05) is 14.2 Å². The van der Waals surface area contributed by atoms with Gasteiger partial charge in [-0.15, -0.1) is 0 Å². The minimum atomic E-state index is -1.18. The SMILES string of the molecule is CNC(=O)NC(=O)C(C)OC(=O)c1cc(Cl)c(OC(C)C)c(OC)c1. The molecule has 3 amide bonds. The molecule has 0 radical (unpaired) electrons. The molecule has 0 bridgehead atoms. The lowest BCUT2D eigenvalue weighted by molar-refractivity contribution is -0.127. The predicted molar refractivity (Wildman–Crippen MR) is 91.2 cm³/mol. The van der Waals surface area contributed by atoms with Crippen LogP contribution in [-0.4, -0.2) is 44.3 Å². The molecule has 9 heteroatoms. The number of halogens is 1. The van der Waals surface area contributed by atoms with Gasteiger partial charge in [0.1, 0.15) is 0 Å². The summed E-state index contributed by atoms with van der Waals surface area (Å²) in [7, 11) is 2.77. The number of imide groups is 1. The predicted octanol–water partition coefficient (Wildman–Crippen LogP) is 2.14. The summed E-state index contributed by atoms with van der Waals surface area (Å²) >= 11 is 6.14. The van der Waals surface area contributed by atoms with E-state index in [0.29, 0.717) is 5.75 Å². The Morgan fingerprint density at radius 1 is 1.16 bits per heavy atom. The molecule has 0 saturated heterocycles. The molecule has 25 heavy (non-hydrogen) atoms. The lowest BCUT2D eigenvalue weighted by atomic mass is 10.2. The average molecular weight is 373 g/mol. The molecule has 1 rings (SSSR count). The van der Waals surface area contributed by atoms with E-state index < -0.39 is 24.0 Å². The Kier molecular flexibility index (Phi) is 7.50. The first-order valence-corrected chi connectivity index (χ1v) is 7.85. The molecule has 1 aromatic rings. The molecule has 0 aliphatic rings. The molecule has 138 valence electrons. The largest absolute Gasteiger partial charge is 0.493 e. The third-order valence-corrected chi connectivity index (χ3v) is 3.22. The number of nitrogens with one attached hydrogen (secondary N) is 2. The van der Waals surface area contributed by atoms with E-state index in [2.05, 4.69) is 5.32 Å². The van der Waals surface area contributed by atoms with E-state index in [4.69, 9.17) is 25.8 Å². The van der Waals surface area contributed by atoms with Gasteiger partial charge in [0.15, 0.2) is 17.6 Å². The van der Waals surface area contributed by atoms with Gasteiger partial charge in [-0.25, -0.2) is 9.59 Å². The molecular formula is C16H21ClN2O6. The first-order valence-electron chi connectivity index (χ1n) is 7.47. The van der Waals surface area contributed by atoms with Crippen molar-refractivity contribution < 1.29 is 28.6 Å². The van der Waals surface area contributed by atoms with Crippen molar-refractivity contribution in [2.45, 2.75) is 33.0 Å². The zero-order valence-electron chi connectivity index (χ0n) is 14.6. The monoisotopic (exact) mass is 372 g/mol. The normalized spacial score (nSPS) is 11.5. The Bertz CT molecular complexity index is 662. The number of esters is 1. The molecule has 0 aromatic heterocycles. The van der Waals surface area contributed by atoms with Crippen molar-refractivity contribution in [3.05, 3.63) is 22.7 Å². The average Bonchev–Trinajstić information content (AvgIpc) is 2.55. The van der Waals surface area contributed by atoms with Crippen LogP contribution in [0.2, 0.25) is 5.02 Å². The molecule has 0 aliphatic carbocycles. The van der Waals surface area contributed by atoms with Crippen molar-refractivity contribution in [1.82, 2.24) is 10.6 Å². The molecule has 1 aromatic carbocycles. The summed E-state index contributed by atoms with van der Waals surface area (Å²) in [5, 5.41) is 4.40. The van der Waals surface area contributed by atoms with Crippen LogP contribution in [0.4, 0.5) is 4.79 Å². The van der Waals surface area contributed by atoms with Gasteiger partial charge in [-0.2, -0.15) is 0 Å². The van der Waals surface area contributed by atoms with Crippen LogP contribution >= 0.6 is 11.6 Å². The number of methoxy groups -OCH3 is 1. The molecule has 1 unspecified atom stereocenters. The van der Waals surface area contributed by atoms with E-state index in [1.807, 2.05) is 19.2 Å². The van der Waals surface area contributed by atoms with Crippen molar-refractivity contribution in [2.24, 2.45) is 0 Å². The van der Waals surface area contributed by atoms with Crippen LogP contribution in [0.5, 0.6) is 11.5 Å². The molecule has 1 atom stereocenters. The highest BCUT2D eigenvalue weighted by molar-refractivity contribution is 6.32.